The standard InChI is InChI=1S/C17H19N7O2/c1-2-7-19-15(25)10-3-5-11(6-4-10)20-8-12-9-21-14-13(22-12)16(26)24-17(18)23-14/h3-6,9,20H,2,7-8H2,1H3,(H,19,25)(H3,18,21,23,24,26). The maximum atomic E-state index is 11.9. The van der Waals surface area contributed by atoms with Crippen LogP contribution in [0.15, 0.2) is 35.3 Å². The van der Waals surface area contributed by atoms with Crippen LogP contribution < -0.4 is 21.9 Å². The Morgan fingerprint density at radius 1 is 1.23 bits per heavy atom. The molecule has 0 aliphatic rings. The van der Waals surface area contributed by atoms with Crippen LogP contribution in [0.3, 0.4) is 0 Å². The molecule has 0 aliphatic carbocycles. The van der Waals surface area contributed by atoms with Crippen LogP contribution in [0.2, 0.25) is 0 Å². The van der Waals surface area contributed by atoms with Gasteiger partial charge in [0, 0.05) is 17.8 Å². The number of nitrogens with zero attached hydrogens (tertiary/aromatic N) is 3. The quantitative estimate of drug-likeness (QED) is 0.519. The molecule has 3 rings (SSSR count). The van der Waals surface area contributed by atoms with Crippen molar-refractivity contribution in [3.63, 3.8) is 0 Å². The normalized spacial score (nSPS) is 10.7. The van der Waals surface area contributed by atoms with E-state index in [0.29, 0.717) is 24.3 Å². The fourth-order valence-corrected chi connectivity index (χ4v) is 2.33. The highest BCUT2D eigenvalue weighted by Gasteiger charge is 2.07. The number of aromatic amines is 1. The lowest BCUT2D eigenvalue weighted by atomic mass is 10.2. The van der Waals surface area contributed by atoms with Crippen LogP contribution in [-0.2, 0) is 6.54 Å². The smallest absolute Gasteiger partial charge is 0.280 e. The fraction of sp³-hybridized carbons (Fsp3) is 0.235. The summed E-state index contributed by atoms with van der Waals surface area (Å²) in [4.78, 5) is 38.4. The minimum absolute atomic E-state index is 0.00531. The average molecular weight is 353 g/mol. The number of aromatic nitrogens is 4. The van der Waals surface area contributed by atoms with E-state index in [1.165, 1.54) is 6.20 Å². The van der Waals surface area contributed by atoms with Gasteiger partial charge in [-0.25, -0.2) is 9.97 Å². The van der Waals surface area contributed by atoms with Crippen molar-refractivity contribution >= 4 is 28.7 Å². The second-order valence-electron chi connectivity index (χ2n) is 5.67. The summed E-state index contributed by atoms with van der Waals surface area (Å²) in [5, 5.41) is 6.00. The van der Waals surface area contributed by atoms with Gasteiger partial charge in [0.25, 0.3) is 11.5 Å². The molecule has 0 unspecified atom stereocenters. The molecule has 0 aliphatic heterocycles. The molecule has 0 spiro atoms. The van der Waals surface area contributed by atoms with Crippen molar-refractivity contribution in [3.8, 4) is 0 Å². The Kier molecular flexibility index (Phi) is 5.07. The number of carbonyl (C=O) groups is 1. The molecular formula is C17H19N7O2. The number of carbonyl (C=O) groups excluding carboxylic acids is 1. The third-order valence-electron chi connectivity index (χ3n) is 3.64. The zero-order chi connectivity index (χ0) is 18.5. The highest BCUT2D eigenvalue weighted by atomic mass is 16.1. The minimum Gasteiger partial charge on any atom is -0.379 e. The summed E-state index contributed by atoms with van der Waals surface area (Å²) in [5.41, 5.74) is 7.41. The van der Waals surface area contributed by atoms with Gasteiger partial charge in [-0.15, -0.1) is 0 Å². The molecule has 1 aromatic carbocycles. The van der Waals surface area contributed by atoms with E-state index in [1.807, 2.05) is 19.1 Å². The summed E-state index contributed by atoms with van der Waals surface area (Å²) >= 11 is 0. The van der Waals surface area contributed by atoms with Gasteiger partial charge in [0.1, 0.15) is 0 Å². The van der Waals surface area contributed by atoms with E-state index >= 15 is 0 Å². The summed E-state index contributed by atoms with van der Waals surface area (Å²) in [6.45, 7) is 3.02. The molecule has 0 fully saturated rings. The highest BCUT2D eigenvalue weighted by molar-refractivity contribution is 5.94. The van der Waals surface area contributed by atoms with Gasteiger partial charge >= 0.3 is 0 Å². The summed E-state index contributed by atoms with van der Waals surface area (Å²) < 4.78 is 0. The maximum absolute atomic E-state index is 11.9. The SMILES string of the molecule is CCCNC(=O)c1ccc(NCc2cnc3nc(N)[nH]c(=O)c3n2)cc1. The van der Waals surface area contributed by atoms with Crippen LogP contribution in [0.1, 0.15) is 29.4 Å². The molecule has 26 heavy (non-hydrogen) atoms. The van der Waals surface area contributed by atoms with Gasteiger partial charge in [-0.2, -0.15) is 4.98 Å². The van der Waals surface area contributed by atoms with E-state index in [4.69, 9.17) is 5.73 Å². The number of anilines is 2. The van der Waals surface area contributed by atoms with Crippen molar-refractivity contribution in [2.24, 2.45) is 0 Å². The molecule has 2 heterocycles. The van der Waals surface area contributed by atoms with E-state index in [9.17, 15) is 9.59 Å². The first-order valence-electron chi connectivity index (χ1n) is 8.20. The van der Waals surface area contributed by atoms with E-state index in [-0.39, 0.29) is 23.0 Å². The number of hydrogen-bond acceptors (Lipinski definition) is 7. The van der Waals surface area contributed by atoms with Crippen LogP contribution in [-0.4, -0.2) is 32.4 Å². The first kappa shape index (κ1) is 17.3. The molecular weight excluding hydrogens is 334 g/mol. The second-order valence-corrected chi connectivity index (χ2v) is 5.67. The molecule has 0 bridgehead atoms. The molecule has 0 atom stereocenters. The molecule has 9 nitrogen and oxygen atoms in total. The number of nitrogens with two attached hydrogens (primary N) is 1. The van der Waals surface area contributed by atoms with Gasteiger partial charge in [0.05, 0.1) is 18.4 Å². The Balaban J connectivity index is 1.68. The summed E-state index contributed by atoms with van der Waals surface area (Å²) in [7, 11) is 0. The fourth-order valence-electron chi connectivity index (χ4n) is 2.33. The number of benzene rings is 1. The third-order valence-corrected chi connectivity index (χ3v) is 3.64. The summed E-state index contributed by atoms with van der Waals surface area (Å²) in [6, 6.07) is 7.11. The second kappa shape index (κ2) is 7.60. The molecule has 0 saturated heterocycles. The van der Waals surface area contributed by atoms with E-state index in [0.717, 1.165) is 12.1 Å². The van der Waals surface area contributed by atoms with E-state index in [1.54, 1.807) is 12.1 Å². The van der Waals surface area contributed by atoms with Crippen molar-refractivity contribution in [2.75, 3.05) is 17.6 Å². The largest absolute Gasteiger partial charge is 0.379 e. The van der Waals surface area contributed by atoms with Crippen molar-refractivity contribution in [1.29, 1.82) is 0 Å². The molecule has 1 amide bonds. The number of hydrogen-bond donors (Lipinski definition) is 4. The van der Waals surface area contributed by atoms with Crippen molar-refractivity contribution in [3.05, 3.63) is 52.1 Å². The molecule has 5 N–H and O–H groups in total. The number of rotatable bonds is 6. The predicted molar refractivity (Wildman–Crippen MR) is 98.8 cm³/mol. The molecule has 9 heteroatoms. The molecule has 2 aromatic heterocycles. The van der Waals surface area contributed by atoms with Gasteiger partial charge < -0.3 is 16.4 Å². The van der Waals surface area contributed by atoms with Gasteiger partial charge in [-0.05, 0) is 30.7 Å². The van der Waals surface area contributed by atoms with Gasteiger partial charge in [0.15, 0.2) is 11.2 Å². The topological polar surface area (TPSA) is 139 Å². The van der Waals surface area contributed by atoms with Crippen molar-refractivity contribution in [2.45, 2.75) is 19.9 Å². The Bertz CT molecular complexity index is 983. The molecule has 0 radical (unpaired) electrons. The van der Waals surface area contributed by atoms with Crippen molar-refractivity contribution < 1.29 is 4.79 Å². The Hall–Kier alpha value is -3.49. The summed E-state index contributed by atoms with van der Waals surface area (Å²) in [5.74, 6) is -0.0875. The van der Waals surface area contributed by atoms with Crippen LogP contribution in [0.25, 0.3) is 11.2 Å². The predicted octanol–water partition coefficient (Wildman–Crippen LogP) is 1.05. The van der Waals surface area contributed by atoms with E-state index in [2.05, 4.69) is 30.6 Å². The van der Waals surface area contributed by atoms with Gasteiger partial charge in [-0.3, -0.25) is 14.6 Å². The number of nitrogen functional groups attached to an aromatic ring is 1. The Morgan fingerprint density at radius 2 is 2.00 bits per heavy atom. The first-order chi connectivity index (χ1) is 12.6. The third kappa shape index (κ3) is 3.94. The monoisotopic (exact) mass is 353 g/mol. The summed E-state index contributed by atoms with van der Waals surface area (Å²) in [6.07, 6.45) is 2.43. The number of amides is 1. The average Bonchev–Trinajstić information content (AvgIpc) is 2.65. The van der Waals surface area contributed by atoms with Crippen LogP contribution in [0.5, 0.6) is 0 Å². The zero-order valence-electron chi connectivity index (χ0n) is 14.2. The maximum Gasteiger partial charge on any atom is 0.280 e. The van der Waals surface area contributed by atoms with Crippen LogP contribution in [0.4, 0.5) is 11.6 Å². The number of nitrogens with one attached hydrogen (secondary N) is 3. The van der Waals surface area contributed by atoms with E-state index < -0.39 is 5.56 Å². The number of fused-ring (bicyclic) bond motifs is 1. The molecule has 0 saturated carbocycles. The minimum atomic E-state index is -0.427. The van der Waals surface area contributed by atoms with Crippen molar-refractivity contribution in [1.82, 2.24) is 25.3 Å². The Labute approximate surface area is 149 Å². The van der Waals surface area contributed by atoms with Crippen LogP contribution >= 0.6 is 0 Å². The zero-order valence-corrected chi connectivity index (χ0v) is 14.2. The van der Waals surface area contributed by atoms with Gasteiger partial charge in [-0.1, -0.05) is 6.92 Å². The lowest BCUT2D eigenvalue weighted by Gasteiger charge is -2.08. The lowest BCUT2D eigenvalue weighted by Crippen LogP contribution is -2.23. The number of H-pyrrole nitrogens is 1. The molecule has 134 valence electrons. The highest BCUT2D eigenvalue weighted by Crippen LogP contribution is 2.11. The van der Waals surface area contributed by atoms with Gasteiger partial charge in [0.2, 0.25) is 5.95 Å². The lowest BCUT2D eigenvalue weighted by molar-refractivity contribution is 0.0953. The molecule has 3 aromatic rings. The Morgan fingerprint density at radius 3 is 2.73 bits per heavy atom. The van der Waals surface area contributed by atoms with Crippen LogP contribution in [0, 0.1) is 0 Å². The first-order valence-corrected chi connectivity index (χ1v) is 8.20.